The van der Waals surface area contributed by atoms with Crippen LogP contribution in [0.1, 0.15) is 10.4 Å². The second-order valence-corrected chi connectivity index (χ2v) is 4.67. The molecule has 3 rings (SSSR count). The molecule has 2 aromatic carbocycles. The standard InChI is InChI=1S/C16H14N2O4/c19-15(11-6-2-1-3-7-11)17-18-16(20)14-10-21-12-8-4-5-9-13(12)22-14/h1-9,14H,10H2,(H,17,19)(H,18,20)/t14-/m1/s1. The number of nitrogens with one attached hydrogen (secondary N) is 2. The lowest BCUT2D eigenvalue weighted by molar-refractivity contribution is -0.131. The van der Waals surface area contributed by atoms with E-state index in [1.165, 1.54) is 0 Å². The van der Waals surface area contributed by atoms with Crippen molar-refractivity contribution in [1.82, 2.24) is 10.9 Å². The zero-order valence-electron chi connectivity index (χ0n) is 11.6. The van der Waals surface area contributed by atoms with E-state index in [4.69, 9.17) is 9.47 Å². The third kappa shape index (κ3) is 3.01. The Morgan fingerprint density at radius 3 is 2.36 bits per heavy atom. The molecule has 2 amide bonds. The van der Waals surface area contributed by atoms with Crippen molar-refractivity contribution in [3.63, 3.8) is 0 Å². The molecule has 2 N–H and O–H groups in total. The van der Waals surface area contributed by atoms with Crippen LogP contribution in [-0.4, -0.2) is 24.5 Å². The van der Waals surface area contributed by atoms with Crippen molar-refractivity contribution >= 4 is 11.8 Å². The molecule has 0 fully saturated rings. The third-order valence-electron chi connectivity index (χ3n) is 3.14. The monoisotopic (exact) mass is 298 g/mol. The summed E-state index contributed by atoms with van der Waals surface area (Å²) in [6.45, 7) is 0.0874. The number of fused-ring (bicyclic) bond motifs is 1. The van der Waals surface area contributed by atoms with Crippen molar-refractivity contribution in [1.29, 1.82) is 0 Å². The average molecular weight is 298 g/mol. The third-order valence-corrected chi connectivity index (χ3v) is 3.14. The molecule has 0 saturated heterocycles. The minimum atomic E-state index is -0.814. The number of ether oxygens (including phenoxy) is 2. The van der Waals surface area contributed by atoms with Gasteiger partial charge in [0.2, 0.25) is 6.10 Å². The summed E-state index contributed by atoms with van der Waals surface area (Å²) < 4.78 is 11.0. The molecule has 6 heteroatoms. The van der Waals surface area contributed by atoms with Gasteiger partial charge in [0.05, 0.1) is 0 Å². The second kappa shape index (κ2) is 6.17. The number of carbonyl (C=O) groups excluding carboxylic acids is 2. The number of hydrogen-bond donors (Lipinski definition) is 2. The number of para-hydroxylation sites is 2. The summed E-state index contributed by atoms with van der Waals surface area (Å²) in [5, 5.41) is 0. The van der Waals surface area contributed by atoms with Crippen LogP contribution >= 0.6 is 0 Å². The first-order chi connectivity index (χ1) is 10.7. The minimum absolute atomic E-state index is 0.0874. The fourth-order valence-corrected chi connectivity index (χ4v) is 2.01. The van der Waals surface area contributed by atoms with Gasteiger partial charge in [0.15, 0.2) is 11.5 Å². The smallest absolute Gasteiger partial charge is 0.283 e. The molecular formula is C16H14N2O4. The maximum absolute atomic E-state index is 12.0. The highest BCUT2D eigenvalue weighted by atomic mass is 16.6. The maximum Gasteiger partial charge on any atom is 0.283 e. The average Bonchev–Trinajstić information content (AvgIpc) is 2.59. The quantitative estimate of drug-likeness (QED) is 0.819. The predicted octanol–water partition coefficient (Wildman–Crippen LogP) is 1.29. The molecule has 6 nitrogen and oxygen atoms in total. The zero-order valence-corrected chi connectivity index (χ0v) is 11.6. The molecule has 1 atom stereocenters. The van der Waals surface area contributed by atoms with E-state index in [1.807, 2.05) is 6.07 Å². The van der Waals surface area contributed by atoms with Crippen LogP contribution in [0.15, 0.2) is 54.6 Å². The van der Waals surface area contributed by atoms with Crippen LogP contribution in [0.5, 0.6) is 11.5 Å². The van der Waals surface area contributed by atoms with E-state index in [1.54, 1.807) is 48.5 Å². The van der Waals surface area contributed by atoms with E-state index in [2.05, 4.69) is 10.9 Å². The van der Waals surface area contributed by atoms with E-state index in [0.717, 1.165) is 0 Å². The van der Waals surface area contributed by atoms with Gasteiger partial charge in [-0.1, -0.05) is 30.3 Å². The van der Waals surface area contributed by atoms with Crippen molar-refractivity contribution in [2.45, 2.75) is 6.10 Å². The van der Waals surface area contributed by atoms with E-state index in [-0.39, 0.29) is 6.61 Å². The topological polar surface area (TPSA) is 76.7 Å². The van der Waals surface area contributed by atoms with Crippen LogP contribution in [0.3, 0.4) is 0 Å². The Morgan fingerprint density at radius 2 is 1.59 bits per heavy atom. The van der Waals surface area contributed by atoms with Gasteiger partial charge in [-0.3, -0.25) is 20.4 Å². The zero-order chi connectivity index (χ0) is 15.4. The largest absolute Gasteiger partial charge is 0.485 e. The van der Waals surface area contributed by atoms with Gasteiger partial charge < -0.3 is 9.47 Å². The fraction of sp³-hybridized carbons (Fsp3) is 0.125. The van der Waals surface area contributed by atoms with Crippen LogP contribution in [0, 0.1) is 0 Å². The number of hydrogen-bond acceptors (Lipinski definition) is 4. The first-order valence-corrected chi connectivity index (χ1v) is 6.78. The summed E-state index contributed by atoms with van der Waals surface area (Å²) >= 11 is 0. The molecule has 0 unspecified atom stereocenters. The van der Waals surface area contributed by atoms with Gasteiger partial charge in [-0.2, -0.15) is 0 Å². The van der Waals surface area contributed by atoms with Crippen molar-refractivity contribution < 1.29 is 19.1 Å². The molecule has 112 valence electrons. The minimum Gasteiger partial charge on any atom is -0.485 e. The highest BCUT2D eigenvalue weighted by Crippen LogP contribution is 2.30. The van der Waals surface area contributed by atoms with E-state index in [9.17, 15) is 9.59 Å². The van der Waals surface area contributed by atoms with Crippen molar-refractivity contribution in [3.05, 3.63) is 60.2 Å². The number of carbonyl (C=O) groups is 2. The van der Waals surface area contributed by atoms with Gasteiger partial charge in [-0.25, -0.2) is 0 Å². The van der Waals surface area contributed by atoms with Crippen molar-refractivity contribution in [2.75, 3.05) is 6.61 Å². The molecule has 0 bridgehead atoms. The molecule has 0 spiro atoms. The molecule has 1 heterocycles. The molecule has 1 aliphatic rings. The van der Waals surface area contributed by atoms with Gasteiger partial charge >= 0.3 is 0 Å². The van der Waals surface area contributed by atoms with Gasteiger partial charge in [-0.05, 0) is 24.3 Å². The number of rotatable bonds is 2. The second-order valence-electron chi connectivity index (χ2n) is 4.67. The van der Waals surface area contributed by atoms with Gasteiger partial charge in [0.25, 0.3) is 11.8 Å². The molecular weight excluding hydrogens is 284 g/mol. The fourth-order valence-electron chi connectivity index (χ4n) is 2.01. The number of benzene rings is 2. The maximum atomic E-state index is 12.0. The van der Waals surface area contributed by atoms with Crippen LogP contribution in [-0.2, 0) is 4.79 Å². The molecule has 22 heavy (non-hydrogen) atoms. The Morgan fingerprint density at radius 1 is 0.909 bits per heavy atom. The van der Waals surface area contributed by atoms with E-state index >= 15 is 0 Å². The molecule has 0 aliphatic carbocycles. The highest BCUT2D eigenvalue weighted by Gasteiger charge is 2.27. The number of hydrazine groups is 1. The normalized spacial score (nSPS) is 15.7. The van der Waals surface area contributed by atoms with E-state index < -0.39 is 17.9 Å². The summed E-state index contributed by atoms with van der Waals surface area (Å²) in [4.78, 5) is 23.8. The van der Waals surface area contributed by atoms with Crippen LogP contribution < -0.4 is 20.3 Å². The summed E-state index contributed by atoms with van der Waals surface area (Å²) in [5.41, 5.74) is 5.14. The highest BCUT2D eigenvalue weighted by molar-refractivity contribution is 5.95. The Bertz CT molecular complexity index is 688. The Kier molecular flexibility index (Phi) is 3.91. The lowest BCUT2D eigenvalue weighted by Crippen LogP contribution is -2.50. The first kappa shape index (κ1) is 13.9. The Hall–Kier alpha value is -3.02. The molecule has 0 saturated carbocycles. The van der Waals surface area contributed by atoms with Gasteiger partial charge in [0, 0.05) is 5.56 Å². The van der Waals surface area contributed by atoms with Gasteiger partial charge in [0.1, 0.15) is 6.61 Å². The van der Waals surface area contributed by atoms with Crippen molar-refractivity contribution in [3.8, 4) is 11.5 Å². The molecule has 1 aliphatic heterocycles. The lowest BCUT2D eigenvalue weighted by atomic mass is 10.2. The Balaban J connectivity index is 1.56. The van der Waals surface area contributed by atoms with E-state index in [0.29, 0.717) is 17.1 Å². The van der Waals surface area contributed by atoms with Crippen LogP contribution in [0.2, 0.25) is 0 Å². The summed E-state index contributed by atoms with van der Waals surface area (Å²) in [6, 6.07) is 15.7. The first-order valence-electron chi connectivity index (χ1n) is 6.78. The summed E-state index contributed by atoms with van der Waals surface area (Å²) in [6.07, 6.45) is -0.814. The lowest BCUT2D eigenvalue weighted by Gasteiger charge is -2.25. The molecule has 0 radical (unpaired) electrons. The predicted molar refractivity (Wildman–Crippen MR) is 78.4 cm³/mol. The summed E-state index contributed by atoms with van der Waals surface area (Å²) in [7, 11) is 0. The molecule has 2 aromatic rings. The SMILES string of the molecule is O=C(NNC(=O)[C@H]1COc2ccccc2O1)c1ccccc1. The van der Waals surface area contributed by atoms with Crippen LogP contribution in [0.25, 0.3) is 0 Å². The number of amides is 2. The van der Waals surface area contributed by atoms with Crippen molar-refractivity contribution in [2.24, 2.45) is 0 Å². The molecule has 0 aromatic heterocycles. The Labute approximate surface area is 127 Å². The van der Waals surface area contributed by atoms with Crippen LogP contribution in [0.4, 0.5) is 0 Å². The summed E-state index contributed by atoms with van der Waals surface area (Å²) in [5.74, 6) is 0.230. The van der Waals surface area contributed by atoms with Gasteiger partial charge in [-0.15, -0.1) is 0 Å².